The Labute approximate surface area is 148 Å². The highest BCUT2D eigenvalue weighted by atomic mass is 16.5. The van der Waals surface area contributed by atoms with E-state index >= 15 is 0 Å². The number of carbonyl (C=O) groups is 1. The summed E-state index contributed by atoms with van der Waals surface area (Å²) in [5.74, 6) is -0.610. The van der Waals surface area contributed by atoms with Gasteiger partial charge in [0.05, 0.1) is 13.3 Å². The van der Waals surface area contributed by atoms with Gasteiger partial charge in [-0.05, 0) is 28.7 Å². The minimum Gasteiger partial charge on any atom is -0.480 e. The van der Waals surface area contributed by atoms with Gasteiger partial charge in [-0.3, -0.25) is 10.1 Å². The summed E-state index contributed by atoms with van der Waals surface area (Å²) in [6, 6.07) is 16.3. The molecule has 0 heterocycles. The van der Waals surface area contributed by atoms with Crippen molar-refractivity contribution < 1.29 is 14.6 Å². The first-order valence-electron chi connectivity index (χ1n) is 8.94. The molecule has 0 saturated carbocycles. The van der Waals surface area contributed by atoms with Gasteiger partial charge in [0.25, 0.3) is 0 Å². The normalized spacial score (nSPS) is 14.1. The van der Waals surface area contributed by atoms with Crippen LogP contribution in [0.4, 0.5) is 0 Å². The van der Waals surface area contributed by atoms with E-state index in [9.17, 15) is 9.90 Å². The van der Waals surface area contributed by atoms with Crippen molar-refractivity contribution in [2.24, 2.45) is 0 Å². The molecule has 0 bridgehead atoms. The average Bonchev–Trinajstić information content (AvgIpc) is 2.95. The maximum atomic E-state index is 11.3. The third kappa shape index (κ3) is 3.91. The van der Waals surface area contributed by atoms with Gasteiger partial charge >= 0.3 is 5.97 Å². The molecule has 4 nitrogen and oxygen atoms in total. The number of hydrogen-bond donors (Lipinski definition) is 2. The van der Waals surface area contributed by atoms with E-state index in [1.54, 1.807) is 0 Å². The molecule has 132 valence electrons. The molecule has 2 N–H and O–H groups in total. The Morgan fingerprint density at radius 2 is 1.72 bits per heavy atom. The monoisotopic (exact) mass is 339 g/mol. The largest absolute Gasteiger partial charge is 0.480 e. The van der Waals surface area contributed by atoms with Crippen LogP contribution in [-0.4, -0.2) is 30.5 Å². The van der Waals surface area contributed by atoms with Crippen LogP contribution in [0.2, 0.25) is 0 Å². The Morgan fingerprint density at radius 3 is 2.28 bits per heavy atom. The highest BCUT2D eigenvalue weighted by Crippen LogP contribution is 2.44. The van der Waals surface area contributed by atoms with E-state index in [1.165, 1.54) is 22.3 Å². The van der Waals surface area contributed by atoms with E-state index < -0.39 is 12.0 Å². The second kappa shape index (κ2) is 8.28. The van der Waals surface area contributed by atoms with Crippen molar-refractivity contribution in [2.75, 3.05) is 13.3 Å². The Hall–Kier alpha value is -2.17. The molecule has 0 spiro atoms. The zero-order valence-electron chi connectivity index (χ0n) is 14.6. The van der Waals surface area contributed by atoms with Crippen LogP contribution in [0.15, 0.2) is 48.5 Å². The molecule has 0 aromatic heterocycles. The van der Waals surface area contributed by atoms with Crippen LogP contribution in [0.3, 0.4) is 0 Å². The molecule has 1 aliphatic carbocycles. The van der Waals surface area contributed by atoms with Gasteiger partial charge in [-0.2, -0.15) is 0 Å². The zero-order chi connectivity index (χ0) is 17.6. The number of carboxylic acids is 1. The lowest BCUT2D eigenvalue weighted by molar-refractivity contribution is -0.140. The van der Waals surface area contributed by atoms with Gasteiger partial charge in [-0.1, -0.05) is 68.3 Å². The molecule has 2 aromatic carbocycles. The Morgan fingerprint density at radius 1 is 1.12 bits per heavy atom. The molecule has 0 unspecified atom stereocenters. The van der Waals surface area contributed by atoms with E-state index in [2.05, 4.69) is 60.8 Å². The first-order valence-corrected chi connectivity index (χ1v) is 8.94. The summed E-state index contributed by atoms with van der Waals surface area (Å²) in [5.41, 5.74) is 5.10. The molecule has 0 saturated heterocycles. The fourth-order valence-electron chi connectivity index (χ4n) is 3.50. The summed E-state index contributed by atoms with van der Waals surface area (Å²) in [6.07, 6.45) is 2.51. The van der Waals surface area contributed by atoms with Crippen molar-refractivity contribution in [1.82, 2.24) is 5.32 Å². The highest BCUT2D eigenvalue weighted by molar-refractivity contribution is 5.78. The topological polar surface area (TPSA) is 58.6 Å². The second-order valence-electron chi connectivity index (χ2n) is 6.48. The third-order valence-corrected chi connectivity index (χ3v) is 4.82. The lowest BCUT2D eigenvalue weighted by atomic mass is 9.98. The molecule has 0 aliphatic heterocycles. The SMILES string of the molecule is CCCC[C@@H](NCOCC1c2ccccc2-c2ccccc21)C(=O)O. The molecule has 25 heavy (non-hydrogen) atoms. The first-order chi connectivity index (χ1) is 12.2. The molecule has 3 rings (SSSR count). The van der Waals surface area contributed by atoms with Crippen molar-refractivity contribution in [3.63, 3.8) is 0 Å². The molecular formula is C21H25NO3. The molecular weight excluding hydrogens is 314 g/mol. The average molecular weight is 339 g/mol. The second-order valence-corrected chi connectivity index (χ2v) is 6.48. The molecule has 4 heteroatoms. The van der Waals surface area contributed by atoms with E-state index in [0.717, 1.165) is 12.8 Å². The lowest BCUT2D eigenvalue weighted by Gasteiger charge is -2.17. The quantitative estimate of drug-likeness (QED) is 0.535. The van der Waals surface area contributed by atoms with Crippen LogP contribution >= 0.6 is 0 Å². The molecule has 2 aromatic rings. The summed E-state index contributed by atoms with van der Waals surface area (Å²) >= 11 is 0. The third-order valence-electron chi connectivity index (χ3n) is 4.82. The van der Waals surface area contributed by atoms with Crippen molar-refractivity contribution in [3.8, 4) is 11.1 Å². The fraction of sp³-hybridized carbons (Fsp3) is 0.381. The van der Waals surface area contributed by atoms with Gasteiger partial charge in [-0.25, -0.2) is 0 Å². The molecule has 0 fully saturated rings. The zero-order valence-corrected chi connectivity index (χ0v) is 14.6. The van der Waals surface area contributed by atoms with Crippen molar-refractivity contribution in [1.29, 1.82) is 0 Å². The van der Waals surface area contributed by atoms with Gasteiger partial charge in [0.15, 0.2) is 0 Å². The number of unbranched alkanes of at least 4 members (excludes halogenated alkanes) is 1. The number of fused-ring (bicyclic) bond motifs is 3. The predicted octanol–water partition coefficient (Wildman–Crippen LogP) is 4.01. The maximum Gasteiger partial charge on any atom is 0.320 e. The van der Waals surface area contributed by atoms with E-state index in [0.29, 0.717) is 13.0 Å². The number of nitrogens with one attached hydrogen (secondary N) is 1. The smallest absolute Gasteiger partial charge is 0.320 e. The van der Waals surface area contributed by atoms with E-state index in [4.69, 9.17) is 4.74 Å². The number of ether oxygens (including phenoxy) is 1. The number of carboxylic acid groups (broad SMARTS) is 1. The number of aliphatic carboxylic acids is 1. The van der Waals surface area contributed by atoms with Crippen molar-refractivity contribution >= 4 is 5.97 Å². The van der Waals surface area contributed by atoms with Crippen LogP contribution in [0, 0.1) is 0 Å². The van der Waals surface area contributed by atoms with Crippen molar-refractivity contribution in [3.05, 3.63) is 59.7 Å². The van der Waals surface area contributed by atoms with Crippen LogP contribution in [0.1, 0.15) is 43.2 Å². The summed E-state index contributed by atoms with van der Waals surface area (Å²) in [5, 5.41) is 12.3. The first kappa shape index (κ1) is 17.6. The summed E-state index contributed by atoms with van der Waals surface area (Å²) in [4.78, 5) is 11.3. The van der Waals surface area contributed by atoms with Crippen LogP contribution < -0.4 is 5.32 Å². The van der Waals surface area contributed by atoms with Gasteiger partial charge < -0.3 is 9.84 Å². The van der Waals surface area contributed by atoms with Crippen LogP contribution in [0.5, 0.6) is 0 Å². The van der Waals surface area contributed by atoms with E-state index in [1.807, 2.05) is 0 Å². The van der Waals surface area contributed by atoms with Crippen LogP contribution in [-0.2, 0) is 9.53 Å². The lowest BCUT2D eigenvalue weighted by Crippen LogP contribution is -2.38. The fourth-order valence-corrected chi connectivity index (χ4v) is 3.50. The van der Waals surface area contributed by atoms with Gasteiger partial charge in [-0.15, -0.1) is 0 Å². The van der Waals surface area contributed by atoms with Gasteiger partial charge in [0.1, 0.15) is 6.04 Å². The molecule has 1 aliphatic rings. The Bertz CT molecular complexity index is 683. The number of benzene rings is 2. The van der Waals surface area contributed by atoms with E-state index in [-0.39, 0.29) is 12.6 Å². The minimum atomic E-state index is -0.811. The van der Waals surface area contributed by atoms with Gasteiger partial charge in [0, 0.05) is 5.92 Å². The van der Waals surface area contributed by atoms with Crippen molar-refractivity contribution in [2.45, 2.75) is 38.1 Å². The number of rotatable bonds is 9. The Balaban J connectivity index is 1.61. The summed E-state index contributed by atoms with van der Waals surface area (Å²) in [6.45, 7) is 2.85. The van der Waals surface area contributed by atoms with Crippen LogP contribution in [0.25, 0.3) is 11.1 Å². The predicted molar refractivity (Wildman–Crippen MR) is 98.6 cm³/mol. The summed E-state index contributed by atoms with van der Waals surface area (Å²) in [7, 11) is 0. The minimum absolute atomic E-state index is 0.202. The Kier molecular flexibility index (Phi) is 5.84. The van der Waals surface area contributed by atoms with Gasteiger partial charge in [0.2, 0.25) is 0 Å². The summed E-state index contributed by atoms with van der Waals surface area (Å²) < 4.78 is 5.82. The maximum absolute atomic E-state index is 11.3. The number of hydrogen-bond acceptors (Lipinski definition) is 3. The highest BCUT2D eigenvalue weighted by Gasteiger charge is 2.28. The standard InChI is InChI=1S/C21H25NO3/c1-2-3-12-20(21(23)24)22-14-25-13-19-17-10-6-4-8-15(17)16-9-5-7-11-18(16)19/h4-11,19-20,22H,2-3,12-14H2,1H3,(H,23,24)/t20-/m1/s1. The molecule has 0 radical (unpaired) electrons. The molecule has 0 amide bonds. The molecule has 1 atom stereocenters.